The number of rotatable bonds is 4. The highest BCUT2D eigenvalue weighted by molar-refractivity contribution is 5.97. The Morgan fingerprint density at radius 2 is 1.70 bits per heavy atom. The van der Waals surface area contributed by atoms with E-state index in [-0.39, 0.29) is 11.3 Å². The topological polar surface area (TPSA) is 81.2 Å². The number of nitrogens with zero attached hydrogens (tertiary/aromatic N) is 2. The predicted octanol–water partition coefficient (Wildman–Crippen LogP) is 3.49. The lowest BCUT2D eigenvalue weighted by atomic mass is 10.2. The molecular weight excluding hydrogens is 349 g/mol. The first-order valence-electron chi connectivity index (χ1n) is 8.31. The van der Waals surface area contributed by atoms with Crippen molar-refractivity contribution in [2.24, 2.45) is 0 Å². The highest BCUT2D eigenvalue weighted by Gasteiger charge is 2.13. The number of fused-ring (bicyclic) bond motifs is 1. The van der Waals surface area contributed by atoms with Gasteiger partial charge in [-0.3, -0.25) is 4.79 Å². The Hall–Kier alpha value is -3.35. The van der Waals surface area contributed by atoms with E-state index < -0.39 is 24.3 Å². The Morgan fingerprint density at radius 1 is 1.00 bits per heavy atom. The maximum Gasteiger partial charge on any atom is 0.338 e. The van der Waals surface area contributed by atoms with Gasteiger partial charge in [0.1, 0.15) is 5.82 Å². The summed E-state index contributed by atoms with van der Waals surface area (Å²) in [6.07, 6.45) is 0. The number of esters is 1. The van der Waals surface area contributed by atoms with Gasteiger partial charge in [0.2, 0.25) is 0 Å². The average Bonchev–Trinajstić information content (AvgIpc) is 2.62. The van der Waals surface area contributed by atoms with Crippen molar-refractivity contribution in [3.63, 3.8) is 0 Å². The Balaban J connectivity index is 1.65. The van der Waals surface area contributed by atoms with Gasteiger partial charge < -0.3 is 10.1 Å². The molecule has 0 fully saturated rings. The third-order valence-corrected chi connectivity index (χ3v) is 4.04. The van der Waals surface area contributed by atoms with Crippen LogP contribution in [0.4, 0.5) is 10.1 Å². The molecule has 1 N–H and O–H groups in total. The summed E-state index contributed by atoms with van der Waals surface area (Å²) in [6, 6.07) is 9.23. The lowest BCUT2D eigenvalue weighted by Gasteiger charge is -2.08. The molecule has 138 valence electrons. The van der Waals surface area contributed by atoms with Crippen molar-refractivity contribution in [2.45, 2.75) is 20.8 Å². The summed E-state index contributed by atoms with van der Waals surface area (Å²) in [6.45, 7) is 4.91. The van der Waals surface area contributed by atoms with Crippen LogP contribution in [0.25, 0.3) is 11.0 Å². The van der Waals surface area contributed by atoms with E-state index in [4.69, 9.17) is 4.74 Å². The van der Waals surface area contributed by atoms with Crippen molar-refractivity contribution in [1.29, 1.82) is 0 Å². The number of hydrogen-bond donors (Lipinski definition) is 1. The van der Waals surface area contributed by atoms with Crippen LogP contribution in [-0.4, -0.2) is 28.5 Å². The summed E-state index contributed by atoms with van der Waals surface area (Å²) in [5, 5.41) is 2.37. The van der Waals surface area contributed by atoms with Gasteiger partial charge in [-0.05, 0) is 56.7 Å². The van der Waals surface area contributed by atoms with Crippen LogP contribution in [0.15, 0.2) is 36.4 Å². The lowest BCUT2D eigenvalue weighted by molar-refractivity contribution is -0.119. The van der Waals surface area contributed by atoms with Crippen LogP contribution in [0.5, 0.6) is 0 Å². The van der Waals surface area contributed by atoms with Crippen LogP contribution in [0, 0.1) is 26.6 Å². The van der Waals surface area contributed by atoms with Crippen molar-refractivity contribution >= 4 is 28.6 Å². The second-order valence-electron chi connectivity index (χ2n) is 6.21. The molecule has 0 aliphatic carbocycles. The highest BCUT2D eigenvalue weighted by atomic mass is 19.1. The molecule has 0 spiro atoms. The molecule has 0 atom stereocenters. The van der Waals surface area contributed by atoms with E-state index in [1.54, 1.807) is 31.2 Å². The van der Waals surface area contributed by atoms with Crippen molar-refractivity contribution in [3.05, 3.63) is 64.7 Å². The molecule has 3 rings (SSSR count). The number of carbonyl (C=O) groups excluding carboxylic acids is 2. The molecule has 0 saturated carbocycles. The first-order chi connectivity index (χ1) is 12.8. The normalized spacial score (nSPS) is 10.7. The fourth-order valence-corrected chi connectivity index (χ4v) is 2.48. The molecule has 0 bridgehead atoms. The number of hydrogen-bond acceptors (Lipinski definition) is 5. The number of anilines is 1. The molecule has 1 heterocycles. The van der Waals surface area contributed by atoms with Crippen LogP contribution >= 0.6 is 0 Å². The molecule has 27 heavy (non-hydrogen) atoms. The molecule has 0 aliphatic heterocycles. The van der Waals surface area contributed by atoms with Gasteiger partial charge >= 0.3 is 5.97 Å². The first-order valence-corrected chi connectivity index (χ1v) is 8.31. The van der Waals surface area contributed by atoms with Gasteiger partial charge in [-0.1, -0.05) is 6.07 Å². The first kappa shape index (κ1) is 18.4. The maximum atomic E-state index is 13.7. The Labute approximate surface area is 155 Å². The van der Waals surface area contributed by atoms with E-state index in [1.165, 1.54) is 12.1 Å². The largest absolute Gasteiger partial charge is 0.452 e. The average molecular weight is 367 g/mol. The van der Waals surface area contributed by atoms with Crippen LogP contribution in [0.3, 0.4) is 0 Å². The Bertz CT molecular complexity index is 1050. The Morgan fingerprint density at radius 3 is 2.41 bits per heavy atom. The molecule has 1 aromatic heterocycles. The highest BCUT2D eigenvalue weighted by Crippen LogP contribution is 2.16. The number of nitrogens with one attached hydrogen (secondary N) is 1. The molecule has 2 aromatic carbocycles. The second-order valence-corrected chi connectivity index (χ2v) is 6.21. The summed E-state index contributed by atoms with van der Waals surface area (Å²) in [5.74, 6) is -1.84. The van der Waals surface area contributed by atoms with Crippen LogP contribution in [0.2, 0.25) is 0 Å². The third-order valence-electron chi connectivity index (χ3n) is 4.04. The number of carbonyl (C=O) groups is 2. The number of aromatic nitrogens is 2. The lowest BCUT2D eigenvalue weighted by Crippen LogP contribution is -2.21. The maximum absolute atomic E-state index is 13.7. The van der Waals surface area contributed by atoms with Crippen molar-refractivity contribution in [2.75, 3.05) is 11.9 Å². The van der Waals surface area contributed by atoms with E-state index in [2.05, 4.69) is 15.3 Å². The summed E-state index contributed by atoms with van der Waals surface area (Å²) >= 11 is 0. The molecule has 6 nitrogen and oxygen atoms in total. The van der Waals surface area contributed by atoms with Gasteiger partial charge in [-0.2, -0.15) is 0 Å². The third kappa shape index (κ3) is 4.25. The predicted molar refractivity (Wildman–Crippen MR) is 99.1 cm³/mol. The quantitative estimate of drug-likeness (QED) is 0.714. The number of ether oxygens (including phenoxy) is 1. The van der Waals surface area contributed by atoms with Crippen LogP contribution < -0.4 is 5.32 Å². The van der Waals surface area contributed by atoms with E-state index in [1.807, 2.05) is 13.8 Å². The minimum atomic E-state index is -0.670. The summed E-state index contributed by atoms with van der Waals surface area (Å²) < 4.78 is 18.8. The van der Waals surface area contributed by atoms with E-state index in [0.717, 1.165) is 17.0 Å². The van der Waals surface area contributed by atoms with E-state index in [9.17, 15) is 14.0 Å². The molecule has 0 aliphatic rings. The summed E-state index contributed by atoms with van der Waals surface area (Å²) in [4.78, 5) is 32.9. The summed E-state index contributed by atoms with van der Waals surface area (Å²) in [7, 11) is 0. The smallest absolute Gasteiger partial charge is 0.338 e. The number of benzene rings is 2. The van der Waals surface area contributed by atoms with E-state index >= 15 is 0 Å². The number of aryl methyl sites for hydroxylation is 3. The molecule has 0 saturated heterocycles. The molecule has 7 heteroatoms. The van der Waals surface area contributed by atoms with Crippen molar-refractivity contribution in [1.82, 2.24) is 9.97 Å². The van der Waals surface area contributed by atoms with Crippen molar-refractivity contribution in [3.8, 4) is 0 Å². The van der Waals surface area contributed by atoms with Crippen LogP contribution in [-0.2, 0) is 9.53 Å². The van der Waals surface area contributed by atoms with Gasteiger partial charge in [-0.15, -0.1) is 0 Å². The van der Waals surface area contributed by atoms with E-state index in [0.29, 0.717) is 11.0 Å². The minimum Gasteiger partial charge on any atom is -0.452 e. The van der Waals surface area contributed by atoms with Gasteiger partial charge in [0.25, 0.3) is 5.91 Å². The molecule has 0 unspecified atom stereocenters. The zero-order valence-electron chi connectivity index (χ0n) is 15.2. The molecule has 1 amide bonds. The zero-order valence-corrected chi connectivity index (χ0v) is 15.2. The molecular formula is C20H18FN3O3. The number of halogens is 1. The van der Waals surface area contributed by atoms with Crippen LogP contribution in [0.1, 0.15) is 27.3 Å². The monoisotopic (exact) mass is 367 g/mol. The standard InChI is InChI=1S/C20H18FN3O3/c1-11-4-6-16(15(21)8-11)24-19(25)10-27-20(26)14-5-7-17-18(9-14)23-13(3)12(2)22-17/h4-9H,10H2,1-3H3,(H,24,25). The zero-order chi connectivity index (χ0) is 19.6. The number of amides is 1. The second kappa shape index (κ2) is 7.49. The Kier molecular flexibility index (Phi) is 5.12. The molecule has 3 aromatic rings. The van der Waals surface area contributed by atoms with Gasteiger partial charge in [-0.25, -0.2) is 19.2 Å². The minimum absolute atomic E-state index is 0.0356. The SMILES string of the molecule is Cc1ccc(NC(=O)COC(=O)c2ccc3nc(C)c(C)nc3c2)c(F)c1. The fourth-order valence-electron chi connectivity index (χ4n) is 2.48. The molecule has 0 radical (unpaired) electrons. The van der Waals surface area contributed by atoms with Crippen molar-refractivity contribution < 1.29 is 18.7 Å². The van der Waals surface area contributed by atoms with Gasteiger partial charge in [0.15, 0.2) is 6.61 Å². The van der Waals surface area contributed by atoms with Gasteiger partial charge in [0, 0.05) is 0 Å². The van der Waals surface area contributed by atoms with Gasteiger partial charge in [0.05, 0.1) is 33.7 Å². The fraction of sp³-hybridized carbons (Fsp3) is 0.200. The summed E-state index contributed by atoms with van der Waals surface area (Å²) in [5.41, 5.74) is 3.86.